The number of ether oxygens (including phenoxy) is 1. The van der Waals surface area contributed by atoms with Crippen molar-refractivity contribution in [1.29, 1.82) is 0 Å². The Hall–Kier alpha value is 0.250. The van der Waals surface area contributed by atoms with Crippen molar-refractivity contribution in [3.8, 4) is 0 Å². The molecule has 82 valence electrons. The second-order valence-electron chi connectivity index (χ2n) is 5.44. The van der Waals surface area contributed by atoms with Gasteiger partial charge in [-0.1, -0.05) is 20.8 Å². The molecule has 1 aliphatic heterocycles. The molecule has 2 fully saturated rings. The zero-order valence-corrected chi connectivity index (χ0v) is 10.2. The Morgan fingerprint density at radius 3 is 2.64 bits per heavy atom. The van der Waals surface area contributed by atoms with Gasteiger partial charge in [0.1, 0.15) is 0 Å². The highest BCUT2D eigenvalue weighted by atomic mass is 35.5. The Bertz CT molecular complexity index is 226. The van der Waals surface area contributed by atoms with Gasteiger partial charge in [0.15, 0.2) is 0 Å². The molecular formula is C12H21ClO. The Morgan fingerprint density at radius 2 is 2.14 bits per heavy atom. The number of hydrogen-bond acceptors (Lipinski definition) is 1. The molecule has 2 heteroatoms. The highest BCUT2D eigenvalue weighted by Crippen LogP contribution is 2.74. The maximum atomic E-state index is 6.06. The fraction of sp³-hybridized carbons (Fsp3) is 1.00. The molecule has 1 saturated heterocycles. The van der Waals surface area contributed by atoms with Crippen molar-refractivity contribution < 1.29 is 4.74 Å². The summed E-state index contributed by atoms with van der Waals surface area (Å²) >= 11 is 6.06. The van der Waals surface area contributed by atoms with Crippen molar-refractivity contribution in [2.75, 3.05) is 12.5 Å². The summed E-state index contributed by atoms with van der Waals surface area (Å²) in [4.78, 5) is 0. The topological polar surface area (TPSA) is 9.23 Å². The second kappa shape index (κ2) is 3.38. The van der Waals surface area contributed by atoms with Crippen LogP contribution in [-0.2, 0) is 4.74 Å². The molecule has 0 aromatic carbocycles. The van der Waals surface area contributed by atoms with Crippen LogP contribution in [0.25, 0.3) is 0 Å². The molecule has 2 aliphatic rings. The predicted molar refractivity (Wildman–Crippen MR) is 59.7 cm³/mol. The smallest absolute Gasteiger partial charge is 0.0578 e. The molecule has 0 amide bonds. The maximum absolute atomic E-state index is 6.06. The zero-order valence-electron chi connectivity index (χ0n) is 9.48. The number of rotatable bonds is 2. The van der Waals surface area contributed by atoms with Gasteiger partial charge >= 0.3 is 0 Å². The maximum Gasteiger partial charge on any atom is 0.0578 e. The van der Waals surface area contributed by atoms with Gasteiger partial charge in [0, 0.05) is 12.5 Å². The average Bonchev–Trinajstić information content (AvgIpc) is 2.61. The van der Waals surface area contributed by atoms with E-state index in [9.17, 15) is 0 Å². The van der Waals surface area contributed by atoms with Crippen molar-refractivity contribution in [2.45, 2.75) is 46.1 Å². The second-order valence-corrected chi connectivity index (χ2v) is 5.75. The third-order valence-electron chi connectivity index (χ3n) is 4.84. The van der Waals surface area contributed by atoms with Crippen molar-refractivity contribution in [3.05, 3.63) is 0 Å². The molecular weight excluding hydrogens is 196 g/mol. The largest absolute Gasteiger partial charge is 0.378 e. The molecule has 3 unspecified atom stereocenters. The third kappa shape index (κ3) is 1.25. The minimum atomic E-state index is 0.450. The quantitative estimate of drug-likeness (QED) is 0.643. The van der Waals surface area contributed by atoms with E-state index < -0.39 is 0 Å². The van der Waals surface area contributed by atoms with Crippen LogP contribution >= 0.6 is 11.6 Å². The fourth-order valence-electron chi connectivity index (χ4n) is 3.54. The molecule has 0 aromatic rings. The molecule has 1 saturated carbocycles. The number of hydrogen-bond donors (Lipinski definition) is 0. The van der Waals surface area contributed by atoms with E-state index in [1.165, 1.54) is 12.8 Å². The molecule has 0 bridgehead atoms. The molecule has 0 aromatic heterocycles. The van der Waals surface area contributed by atoms with Gasteiger partial charge in [-0.2, -0.15) is 0 Å². The van der Waals surface area contributed by atoms with Crippen LogP contribution in [-0.4, -0.2) is 18.6 Å². The van der Waals surface area contributed by atoms with Gasteiger partial charge in [0.2, 0.25) is 0 Å². The summed E-state index contributed by atoms with van der Waals surface area (Å²) in [5.41, 5.74) is 0.958. The van der Waals surface area contributed by atoms with Crippen LogP contribution in [0.5, 0.6) is 0 Å². The van der Waals surface area contributed by atoms with Crippen molar-refractivity contribution >= 4 is 11.6 Å². The lowest BCUT2D eigenvalue weighted by molar-refractivity contribution is -0.0291. The molecule has 0 N–H and O–H groups in total. The van der Waals surface area contributed by atoms with E-state index in [0.717, 1.165) is 24.8 Å². The predicted octanol–water partition coefficient (Wildman–Crippen LogP) is 3.46. The average molecular weight is 217 g/mol. The van der Waals surface area contributed by atoms with E-state index >= 15 is 0 Å². The summed E-state index contributed by atoms with van der Waals surface area (Å²) in [5, 5.41) is 0. The first kappa shape index (κ1) is 10.8. The van der Waals surface area contributed by atoms with Crippen LogP contribution < -0.4 is 0 Å². The molecule has 2 rings (SSSR count). The van der Waals surface area contributed by atoms with Gasteiger partial charge in [-0.3, -0.25) is 0 Å². The Kier molecular flexibility index (Phi) is 2.60. The van der Waals surface area contributed by atoms with E-state index in [1.54, 1.807) is 0 Å². The summed E-state index contributed by atoms with van der Waals surface area (Å²) in [6, 6.07) is 0. The van der Waals surface area contributed by atoms with Crippen LogP contribution in [0.2, 0.25) is 0 Å². The summed E-state index contributed by atoms with van der Waals surface area (Å²) in [5.74, 6) is 1.54. The van der Waals surface area contributed by atoms with E-state index in [4.69, 9.17) is 16.3 Å². The van der Waals surface area contributed by atoms with Crippen LogP contribution in [0.3, 0.4) is 0 Å². The molecule has 1 nitrogen and oxygen atoms in total. The molecule has 1 spiro atoms. The van der Waals surface area contributed by atoms with E-state index in [1.807, 2.05) is 0 Å². The molecule has 14 heavy (non-hydrogen) atoms. The number of halogens is 1. The Balaban J connectivity index is 2.10. The van der Waals surface area contributed by atoms with Crippen molar-refractivity contribution in [2.24, 2.45) is 16.7 Å². The first-order valence-corrected chi connectivity index (χ1v) is 6.29. The standard InChI is InChI=1S/C12H21ClO/c1-4-9-7-12(5-6-14-9)10(8-13)11(12,2)3/h9-10H,4-8H2,1-3H3. The van der Waals surface area contributed by atoms with Crippen LogP contribution in [0.4, 0.5) is 0 Å². The summed E-state index contributed by atoms with van der Waals surface area (Å²) in [6.07, 6.45) is 4.07. The minimum absolute atomic E-state index is 0.450. The van der Waals surface area contributed by atoms with Gasteiger partial charge in [-0.15, -0.1) is 11.6 Å². The summed E-state index contributed by atoms with van der Waals surface area (Å²) in [6.45, 7) is 7.90. The van der Waals surface area contributed by atoms with E-state index in [2.05, 4.69) is 20.8 Å². The molecule has 1 heterocycles. The van der Waals surface area contributed by atoms with Crippen molar-refractivity contribution in [3.63, 3.8) is 0 Å². The van der Waals surface area contributed by atoms with Crippen LogP contribution in [0.1, 0.15) is 40.0 Å². The van der Waals surface area contributed by atoms with Crippen molar-refractivity contribution in [1.82, 2.24) is 0 Å². The van der Waals surface area contributed by atoms with E-state index in [0.29, 0.717) is 16.9 Å². The minimum Gasteiger partial charge on any atom is -0.378 e. The van der Waals surface area contributed by atoms with Crippen LogP contribution in [0, 0.1) is 16.7 Å². The van der Waals surface area contributed by atoms with E-state index in [-0.39, 0.29) is 0 Å². The number of alkyl halides is 1. The lowest BCUT2D eigenvalue weighted by Gasteiger charge is -2.32. The zero-order chi connectivity index (χ0) is 10.4. The van der Waals surface area contributed by atoms with Gasteiger partial charge < -0.3 is 4.74 Å². The Morgan fingerprint density at radius 1 is 1.43 bits per heavy atom. The lowest BCUT2D eigenvalue weighted by Crippen LogP contribution is -2.29. The summed E-state index contributed by atoms with van der Waals surface area (Å²) in [7, 11) is 0. The van der Waals surface area contributed by atoms with Crippen LogP contribution in [0.15, 0.2) is 0 Å². The van der Waals surface area contributed by atoms with Gasteiger partial charge in [0.05, 0.1) is 6.10 Å². The fourth-order valence-corrected chi connectivity index (χ4v) is 4.22. The van der Waals surface area contributed by atoms with Gasteiger partial charge in [0.25, 0.3) is 0 Å². The lowest BCUT2D eigenvalue weighted by atomic mass is 9.84. The normalized spacial score (nSPS) is 45.4. The highest BCUT2D eigenvalue weighted by Gasteiger charge is 2.70. The molecule has 3 atom stereocenters. The highest BCUT2D eigenvalue weighted by molar-refractivity contribution is 6.18. The molecule has 1 aliphatic carbocycles. The van der Waals surface area contributed by atoms with Gasteiger partial charge in [-0.05, 0) is 36.0 Å². The third-order valence-corrected chi connectivity index (χ3v) is 5.15. The Labute approximate surface area is 92.2 Å². The first-order valence-electron chi connectivity index (χ1n) is 5.76. The molecule has 0 radical (unpaired) electrons. The summed E-state index contributed by atoms with van der Waals surface area (Å²) < 4.78 is 5.75. The first-order chi connectivity index (χ1) is 6.58. The SMILES string of the molecule is CCC1CC2(CCO1)C(CCl)C2(C)C. The monoisotopic (exact) mass is 216 g/mol. The van der Waals surface area contributed by atoms with Gasteiger partial charge in [-0.25, -0.2) is 0 Å².